The maximum absolute atomic E-state index is 5.91. The molecule has 0 spiro atoms. The lowest BCUT2D eigenvalue weighted by atomic mass is 10.1. The Hall–Kier alpha value is -0.570. The molecule has 0 bridgehead atoms. The van der Waals surface area contributed by atoms with Crippen LogP contribution in [0.5, 0.6) is 0 Å². The summed E-state index contributed by atoms with van der Waals surface area (Å²) in [6, 6.07) is 7.96. The van der Waals surface area contributed by atoms with Crippen molar-refractivity contribution in [3.8, 4) is 0 Å². The molecule has 3 heteroatoms. The van der Waals surface area contributed by atoms with E-state index in [-0.39, 0.29) is 0 Å². The molecule has 0 aliphatic carbocycles. The first-order valence-electron chi connectivity index (χ1n) is 4.91. The van der Waals surface area contributed by atoms with Crippen molar-refractivity contribution in [2.24, 2.45) is 0 Å². The van der Waals surface area contributed by atoms with E-state index in [2.05, 4.69) is 11.4 Å². The summed E-state index contributed by atoms with van der Waals surface area (Å²) in [5.41, 5.74) is 1.24. The number of rotatable bonds is 2. The molecular weight excluding hydrogens is 198 g/mol. The van der Waals surface area contributed by atoms with Crippen LogP contribution in [0.15, 0.2) is 24.3 Å². The van der Waals surface area contributed by atoms with Gasteiger partial charge in [-0.1, -0.05) is 23.7 Å². The lowest BCUT2D eigenvalue weighted by Gasteiger charge is -2.23. The van der Waals surface area contributed by atoms with E-state index in [9.17, 15) is 0 Å². The van der Waals surface area contributed by atoms with Gasteiger partial charge in [-0.05, 0) is 24.1 Å². The molecule has 1 fully saturated rings. The zero-order valence-corrected chi connectivity index (χ0v) is 8.76. The Labute approximate surface area is 89.2 Å². The Balaban J connectivity index is 1.95. The largest absolute Gasteiger partial charge is 0.375 e. The fourth-order valence-corrected chi connectivity index (χ4v) is 1.89. The second-order valence-electron chi connectivity index (χ2n) is 3.53. The van der Waals surface area contributed by atoms with Crippen molar-refractivity contribution in [1.82, 2.24) is 5.32 Å². The van der Waals surface area contributed by atoms with E-state index in [0.29, 0.717) is 6.10 Å². The van der Waals surface area contributed by atoms with Crippen LogP contribution in [0.2, 0.25) is 5.02 Å². The Morgan fingerprint density at radius 1 is 1.50 bits per heavy atom. The van der Waals surface area contributed by atoms with Gasteiger partial charge in [0, 0.05) is 18.1 Å². The van der Waals surface area contributed by atoms with Crippen LogP contribution in [0.25, 0.3) is 0 Å². The number of hydrogen-bond donors (Lipinski definition) is 1. The van der Waals surface area contributed by atoms with Gasteiger partial charge in [0.1, 0.15) is 0 Å². The number of nitrogens with one attached hydrogen (secondary N) is 1. The van der Waals surface area contributed by atoms with Crippen LogP contribution in [0.1, 0.15) is 5.56 Å². The summed E-state index contributed by atoms with van der Waals surface area (Å²) in [6.45, 7) is 2.71. The van der Waals surface area contributed by atoms with Crippen molar-refractivity contribution in [3.05, 3.63) is 34.9 Å². The minimum absolute atomic E-state index is 0.294. The quantitative estimate of drug-likeness (QED) is 0.807. The standard InChI is InChI=1S/C11H14ClNO/c12-10-3-1-2-9(6-10)7-11-8-13-4-5-14-11/h1-3,6,11,13H,4-5,7-8H2. The van der Waals surface area contributed by atoms with Gasteiger partial charge in [-0.15, -0.1) is 0 Å². The molecule has 1 saturated heterocycles. The van der Waals surface area contributed by atoms with Crippen molar-refractivity contribution in [2.75, 3.05) is 19.7 Å². The van der Waals surface area contributed by atoms with Crippen LogP contribution in [0.3, 0.4) is 0 Å². The van der Waals surface area contributed by atoms with Crippen molar-refractivity contribution < 1.29 is 4.74 Å². The van der Waals surface area contributed by atoms with E-state index in [4.69, 9.17) is 16.3 Å². The third-order valence-electron chi connectivity index (χ3n) is 2.36. The van der Waals surface area contributed by atoms with E-state index in [0.717, 1.165) is 31.1 Å². The lowest BCUT2D eigenvalue weighted by molar-refractivity contribution is 0.0292. The minimum atomic E-state index is 0.294. The fourth-order valence-electron chi connectivity index (χ4n) is 1.68. The number of hydrogen-bond acceptors (Lipinski definition) is 2. The molecular formula is C11H14ClNO. The van der Waals surface area contributed by atoms with Gasteiger partial charge in [0.15, 0.2) is 0 Å². The first-order chi connectivity index (χ1) is 6.84. The Kier molecular flexibility index (Phi) is 3.40. The van der Waals surface area contributed by atoms with E-state index >= 15 is 0 Å². The summed E-state index contributed by atoms with van der Waals surface area (Å²) in [6.07, 6.45) is 1.23. The zero-order chi connectivity index (χ0) is 9.80. The summed E-state index contributed by atoms with van der Waals surface area (Å²) in [5.74, 6) is 0. The molecule has 1 aromatic carbocycles. The highest BCUT2D eigenvalue weighted by molar-refractivity contribution is 6.30. The average molecular weight is 212 g/mol. The minimum Gasteiger partial charge on any atom is -0.375 e. The Bertz CT molecular complexity index is 297. The maximum atomic E-state index is 5.91. The van der Waals surface area contributed by atoms with Gasteiger partial charge in [-0.25, -0.2) is 0 Å². The molecule has 1 aliphatic rings. The third-order valence-corrected chi connectivity index (χ3v) is 2.59. The Morgan fingerprint density at radius 2 is 2.43 bits per heavy atom. The summed E-state index contributed by atoms with van der Waals surface area (Å²) < 4.78 is 5.62. The molecule has 1 unspecified atom stereocenters. The normalized spacial score (nSPS) is 22.2. The molecule has 2 nitrogen and oxygen atoms in total. The second-order valence-corrected chi connectivity index (χ2v) is 3.97. The van der Waals surface area contributed by atoms with Crippen molar-refractivity contribution >= 4 is 11.6 Å². The van der Waals surface area contributed by atoms with Crippen LogP contribution in [-0.2, 0) is 11.2 Å². The van der Waals surface area contributed by atoms with Crippen LogP contribution in [0.4, 0.5) is 0 Å². The molecule has 2 rings (SSSR count). The lowest BCUT2D eigenvalue weighted by Crippen LogP contribution is -2.39. The van der Waals surface area contributed by atoms with Gasteiger partial charge in [0.25, 0.3) is 0 Å². The van der Waals surface area contributed by atoms with Crippen molar-refractivity contribution in [1.29, 1.82) is 0 Å². The highest BCUT2D eigenvalue weighted by Crippen LogP contribution is 2.13. The molecule has 14 heavy (non-hydrogen) atoms. The highest BCUT2D eigenvalue weighted by Gasteiger charge is 2.13. The molecule has 1 N–H and O–H groups in total. The predicted molar refractivity (Wildman–Crippen MR) is 57.8 cm³/mol. The molecule has 76 valence electrons. The molecule has 1 aromatic rings. The Morgan fingerprint density at radius 3 is 3.14 bits per heavy atom. The predicted octanol–water partition coefficient (Wildman–Crippen LogP) is 1.87. The molecule has 0 saturated carbocycles. The fraction of sp³-hybridized carbons (Fsp3) is 0.455. The first-order valence-corrected chi connectivity index (χ1v) is 5.29. The number of benzene rings is 1. The van der Waals surface area contributed by atoms with Crippen LogP contribution < -0.4 is 5.32 Å². The topological polar surface area (TPSA) is 21.3 Å². The highest BCUT2D eigenvalue weighted by atomic mass is 35.5. The first kappa shape index (κ1) is 9.97. The summed E-state index contributed by atoms with van der Waals surface area (Å²) in [5, 5.41) is 4.11. The van der Waals surface area contributed by atoms with Gasteiger partial charge >= 0.3 is 0 Å². The molecule has 0 radical (unpaired) electrons. The van der Waals surface area contributed by atoms with Gasteiger partial charge in [0.05, 0.1) is 12.7 Å². The van der Waals surface area contributed by atoms with Gasteiger partial charge in [0.2, 0.25) is 0 Å². The van der Waals surface area contributed by atoms with Crippen molar-refractivity contribution in [3.63, 3.8) is 0 Å². The van der Waals surface area contributed by atoms with E-state index < -0.39 is 0 Å². The van der Waals surface area contributed by atoms with E-state index in [1.165, 1.54) is 5.56 Å². The summed E-state index contributed by atoms with van der Waals surface area (Å²) in [4.78, 5) is 0. The number of ether oxygens (including phenoxy) is 1. The molecule has 0 aromatic heterocycles. The number of halogens is 1. The van der Waals surface area contributed by atoms with Crippen molar-refractivity contribution in [2.45, 2.75) is 12.5 Å². The average Bonchev–Trinajstić information content (AvgIpc) is 2.19. The van der Waals surface area contributed by atoms with Crippen LogP contribution >= 0.6 is 11.6 Å². The molecule has 1 aliphatic heterocycles. The van der Waals surface area contributed by atoms with E-state index in [1.807, 2.05) is 18.2 Å². The zero-order valence-electron chi connectivity index (χ0n) is 8.00. The molecule has 0 amide bonds. The van der Waals surface area contributed by atoms with Crippen LogP contribution in [-0.4, -0.2) is 25.8 Å². The number of morpholine rings is 1. The van der Waals surface area contributed by atoms with Gasteiger partial charge < -0.3 is 10.1 Å². The monoisotopic (exact) mass is 211 g/mol. The smallest absolute Gasteiger partial charge is 0.0740 e. The summed E-state index contributed by atoms with van der Waals surface area (Å²) >= 11 is 5.91. The van der Waals surface area contributed by atoms with Gasteiger partial charge in [-0.3, -0.25) is 0 Å². The second kappa shape index (κ2) is 4.78. The third kappa shape index (κ3) is 2.71. The molecule has 1 heterocycles. The molecule has 1 atom stereocenters. The summed E-state index contributed by atoms with van der Waals surface area (Å²) in [7, 11) is 0. The maximum Gasteiger partial charge on any atom is 0.0740 e. The SMILES string of the molecule is Clc1cccc(CC2CNCCO2)c1. The van der Waals surface area contributed by atoms with E-state index in [1.54, 1.807) is 0 Å². The van der Waals surface area contributed by atoms with Crippen LogP contribution in [0, 0.1) is 0 Å². The van der Waals surface area contributed by atoms with Gasteiger partial charge in [-0.2, -0.15) is 0 Å².